The first kappa shape index (κ1) is 24.3. The maximum Gasteiger partial charge on any atom is 0.317 e. The molecule has 0 spiro atoms. The fourth-order valence-corrected chi connectivity index (χ4v) is 6.36. The van der Waals surface area contributed by atoms with Crippen LogP contribution in [0.2, 0.25) is 0 Å². The second-order valence-corrected chi connectivity index (χ2v) is 12.2. The van der Waals surface area contributed by atoms with Gasteiger partial charge >= 0.3 is 6.03 Å². The number of nitrogens with one attached hydrogen (secondary N) is 3. The molecule has 0 radical (unpaired) electrons. The summed E-state index contributed by atoms with van der Waals surface area (Å²) in [7, 11) is 3.55. The molecule has 0 saturated heterocycles. The topological polar surface area (TPSA) is 108 Å². The molecular formula is C27H36N8OS. The molecular weight excluding hydrogens is 484 g/mol. The van der Waals surface area contributed by atoms with Crippen LogP contribution >= 0.6 is 11.3 Å². The van der Waals surface area contributed by atoms with E-state index in [2.05, 4.69) is 40.8 Å². The molecule has 196 valence electrons. The van der Waals surface area contributed by atoms with Crippen LogP contribution in [0.1, 0.15) is 69.2 Å². The molecule has 3 aromatic rings. The lowest BCUT2D eigenvalue weighted by Gasteiger charge is -2.20. The number of anilines is 2. The number of fused-ring (bicyclic) bond motifs is 1. The van der Waals surface area contributed by atoms with Crippen LogP contribution in [-0.2, 0) is 0 Å². The number of hydrogen-bond acceptors (Lipinski definition) is 8. The highest BCUT2D eigenvalue weighted by molar-refractivity contribution is 7.21. The van der Waals surface area contributed by atoms with Gasteiger partial charge in [0.05, 0.1) is 21.7 Å². The van der Waals surface area contributed by atoms with Gasteiger partial charge in [-0.15, -0.1) is 11.3 Å². The van der Waals surface area contributed by atoms with E-state index in [9.17, 15) is 4.79 Å². The van der Waals surface area contributed by atoms with Crippen molar-refractivity contribution in [3.05, 3.63) is 23.7 Å². The van der Waals surface area contributed by atoms with E-state index in [0.717, 1.165) is 57.3 Å². The Morgan fingerprint density at radius 1 is 1.08 bits per heavy atom. The zero-order chi connectivity index (χ0) is 25.7. The second-order valence-electron chi connectivity index (χ2n) is 11.2. The number of pyridine rings is 1. The first-order chi connectivity index (χ1) is 17.9. The summed E-state index contributed by atoms with van der Waals surface area (Å²) in [6.07, 6.45) is 9.60. The Kier molecular flexibility index (Phi) is 6.38. The van der Waals surface area contributed by atoms with Crippen molar-refractivity contribution in [2.45, 2.75) is 82.8 Å². The molecule has 9 nitrogen and oxygen atoms in total. The average Bonchev–Trinajstić information content (AvgIpc) is 3.78. The minimum atomic E-state index is -0.0423. The fraction of sp³-hybridized carbons (Fsp3) is 0.593. The Hall–Kier alpha value is -3.01. The number of nitrogens with zero attached hydrogens (tertiary/aromatic N) is 5. The summed E-state index contributed by atoms with van der Waals surface area (Å²) in [5, 5.41) is 11.3. The molecule has 3 aromatic heterocycles. The Labute approximate surface area is 221 Å². The summed E-state index contributed by atoms with van der Waals surface area (Å²) in [6.45, 7) is 4.27. The number of carbonyl (C=O) groups is 1. The highest BCUT2D eigenvalue weighted by atomic mass is 32.1. The first-order valence-electron chi connectivity index (χ1n) is 13.5. The van der Waals surface area contributed by atoms with Gasteiger partial charge in [0.15, 0.2) is 0 Å². The van der Waals surface area contributed by atoms with E-state index in [1.54, 1.807) is 30.3 Å². The average molecular weight is 521 g/mol. The van der Waals surface area contributed by atoms with Crippen LogP contribution in [0, 0.1) is 12.8 Å². The molecule has 3 unspecified atom stereocenters. The molecule has 3 N–H and O–H groups in total. The SMILES string of the molecule is Cc1nc(NC(C)C2CC2)nc(NC2CCC(NC(=O)N(C)C)C2)c1-c1nc2c(C3CC3)nccc2s1. The van der Waals surface area contributed by atoms with Gasteiger partial charge in [-0.3, -0.25) is 4.98 Å². The van der Waals surface area contributed by atoms with Crippen molar-refractivity contribution in [3.63, 3.8) is 0 Å². The molecule has 6 rings (SSSR count). The highest BCUT2D eigenvalue weighted by Gasteiger charge is 2.32. The van der Waals surface area contributed by atoms with E-state index >= 15 is 0 Å². The summed E-state index contributed by atoms with van der Waals surface area (Å²) in [5.41, 5.74) is 4.03. The minimum Gasteiger partial charge on any atom is -0.366 e. The maximum atomic E-state index is 12.2. The van der Waals surface area contributed by atoms with Crippen LogP contribution in [0.3, 0.4) is 0 Å². The van der Waals surface area contributed by atoms with E-state index in [-0.39, 0.29) is 18.1 Å². The van der Waals surface area contributed by atoms with E-state index < -0.39 is 0 Å². The summed E-state index contributed by atoms with van der Waals surface area (Å²) in [5.74, 6) is 2.73. The molecule has 0 aliphatic heterocycles. The van der Waals surface area contributed by atoms with Gasteiger partial charge in [0, 0.05) is 44.3 Å². The van der Waals surface area contributed by atoms with Crippen LogP contribution < -0.4 is 16.0 Å². The van der Waals surface area contributed by atoms with Crippen molar-refractivity contribution in [2.75, 3.05) is 24.7 Å². The third-order valence-electron chi connectivity index (χ3n) is 7.80. The predicted molar refractivity (Wildman–Crippen MR) is 148 cm³/mol. The lowest BCUT2D eigenvalue weighted by atomic mass is 10.2. The van der Waals surface area contributed by atoms with E-state index in [1.807, 2.05) is 6.20 Å². The molecule has 3 aliphatic rings. The molecule has 10 heteroatoms. The normalized spacial score (nSPS) is 22.2. The summed E-state index contributed by atoms with van der Waals surface area (Å²) >= 11 is 1.69. The summed E-state index contributed by atoms with van der Waals surface area (Å²) in [6, 6.07) is 2.74. The van der Waals surface area contributed by atoms with E-state index in [4.69, 9.17) is 15.0 Å². The zero-order valence-corrected chi connectivity index (χ0v) is 22.9. The predicted octanol–water partition coefficient (Wildman–Crippen LogP) is 5.15. The number of rotatable bonds is 8. The molecule has 3 aliphatic carbocycles. The van der Waals surface area contributed by atoms with Crippen molar-refractivity contribution in [1.29, 1.82) is 0 Å². The van der Waals surface area contributed by atoms with Gasteiger partial charge in [-0.05, 0) is 70.8 Å². The van der Waals surface area contributed by atoms with Gasteiger partial charge in [-0.1, -0.05) is 0 Å². The number of aromatic nitrogens is 4. The quantitative estimate of drug-likeness (QED) is 0.377. The molecule has 0 aromatic carbocycles. The fourth-order valence-electron chi connectivity index (χ4n) is 5.29. The van der Waals surface area contributed by atoms with E-state index in [1.165, 1.54) is 25.7 Å². The van der Waals surface area contributed by atoms with Crippen LogP contribution in [0.15, 0.2) is 12.3 Å². The molecule has 3 saturated carbocycles. The van der Waals surface area contributed by atoms with Crippen LogP contribution in [0.4, 0.5) is 16.6 Å². The Balaban J connectivity index is 1.32. The largest absolute Gasteiger partial charge is 0.366 e. The number of aryl methyl sites for hydroxylation is 1. The number of amides is 2. The molecule has 3 heterocycles. The number of hydrogen-bond donors (Lipinski definition) is 3. The van der Waals surface area contributed by atoms with Crippen molar-refractivity contribution in [1.82, 2.24) is 30.2 Å². The lowest BCUT2D eigenvalue weighted by Crippen LogP contribution is -2.40. The second kappa shape index (κ2) is 9.70. The summed E-state index contributed by atoms with van der Waals surface area (Å²) in [4.78, 5) is 33.4. The zero-order valence-electron chi connectivity index (χ0n) is 22.0. The third-order valence-corrected chi connectivity index (χ3v) is 8.83. The first-order valence-corrected chi connectivity index (χ1v) is 14.3. The minimum absolute atomic E-state index is 0.0423. The van der Waals surface area contributed by atoms with Crippen LogP contribution in [0.25, 0.3) is 20.8 Å². The third kappa shape index (κ3) is 5.21. The molecule has 37 heavy (non-hydrogen) atoms. The van der Waals surface area contributed by atoms with Gasteiger partial charge in [0.1, 0.15) is 16.3 Å². The van der Waals surface area contributed by atoms with Crippen molar-refractivity contribution < 1.29 is 4.79 Å². The Morgan fingerprint density at radius 2 is 1.86 bits per heavy atom. The Morgan fingerprint density at radius 3 is 2.59 bits per heavy atom. The number of carbonyl (C=O) groups excluding carboxylic acids is 1. The molecule has 3 atom stereocenters. The standard InChI is InChI=1S/C27H36N8OS/c1-14(16-5-6-16)29-26-30-15(2)21(25-33-23-20(37-25)11-12-28-22(23)17-7-8-17)24(34-26)31-18-9-10-19(13-18)32-27(36)35(3)4/h11-12,14,16-19H,5-10,13H2,1-4H3,(H,32,36)(H2,29,30,31,34). The number of urea groups is 1. The van der Waals surface area contributed by atoms with E-state index in [0.29, 0.717) is 23.8 Å². The molecule has 2 amide bonds. The van der Waals surface area contributed by atoms with Crippen molar-refractivity contribution >= 4 is 39.4 Å². The maximum absolute atomic E-state index is 12.2. The Bertz CT molecular complexity index is 1320. The smallest absolute Gasteiger partial charge is 0.317 e. The van der Waals surface area contributed by atoms with Crippen LogP contribution in [0.5, 0.6) is 0 Å². The van der Waals surface area contributed by atoms with Crippen molar-refractivity contribution in [2.24, 2.45) is 5.92 Å². The van der Waals surface area contributed by atoms with Gasteiger partial charge < -0.3 is 20.9 Å². The molecule has 3 fully saturated rings. The van der Waals surface area contributed by atoms with Gasteiger partial charge in [-0.2, -0.15) is 4.98 Å². The van der Waals surface area contributed by atoms with Gasteiger partial charge in [0.25, 0.3) is 0 Å². The lowest BCUT2D eigenvalue weighted by molar-refractivity contribution is 0.213. The number of thiazole rings is 1. The monoisotopic (exact) mass is 520 g/mol. The van der Waals surface area contributed by atoms with Gasteiger partial charge in [-0.25, -0.2) is 14.8 Å². The highest BCUT2D eigenvalue weighted by Crippen LogP contribution is 2.44. The molecule has 0 bridgehead atoms. The summed E-state index contributed by atoms with van der Waals surface area (Å²) < 4.78 is 1.16. The van der Waals surface area contributed by atoms with Crippen LogP contribution in [-0.4, -0.2) is 63.1 Å². The van der Waals surface area contributed by atoms with Crippen molar-refractivity contribution in [3.8, 4) is 10.6 Å². The van der Waals surface area contributed by atoms with Gasteiger partial charge in [0.2, 0.25) is 5.95 Å².